The lowest BCUT2D eigenvalue weighted by atomic mass is 10.0. The van der Waals surface area contributed by atoms with E-state index in [4.69, 9.17) is 4.74 Å². The number of hydrogen-bond donors (Lipinski definition) is 2. The topological polar surface area (TPSA) is 84.5 Å². The predicted molar refractivity (Wildman–Crippen MR) is 233 cm³/mol. The summed E-state index contributed by atoms with van der Waals surface area (Å²) < 4.78 is 5.43. The summed E-state index contributed by atoms with van der Waals surface area (Å²) in [4.78, 5) is 36.5. The summed E-state index contributed by atoms with van der Waals surface area (Å²) in [7, 11) is 0. The quantitative estimate of drug-likeness (QED) is 0.0368. The second kappa shape index (κ2) is 43.9. The molecule has 1 unspecified atom stereocenters. The Bertz CT molecular complexity index is 845. The Hall–Kier alpha value is -1.85. The molecule has 0 heterocycles. The van der Waals surface area contributed by atoms with Gasteiger partial charge in [-0.2, -0.15) is 0 Å². The third kappa shape index (κ3) is 42.9. The molecular weight excluding hydrogens is 669 g/mol. The SMILES string of the molecule is CCCCCCCC/C=C\CCCCCCCC(=O)NCC(C)CNC(=O)CCCCCCCCCOC(=O)CCCCCCCCCCCCCCC. The highest BCUT2D eigenvalue weighted by molar-refractivity contribution is 5.76. The first-order chi connectivity index (χ1) is 26.5. The van der Waals surface area contributed by atoms with Crippen LogP contribution in [-0.2, 0) is 19.1 Å². The Balaban J connectivity index is 3.43. The fraction of sp³-hybridized carbons (Fsp3) is 0.896. The Kier molecular flexibility index (Phi) is 42.4. The van der Waals surface area contributed by atoms with Crippen LogP contribution in [0.3, 0.4) is 0 Å². The van der Waals surface area contributed by atoms with Crippen LogP contribution in [0.5, 0.6) is 0 Å². The van der Waals surface area contributed by atoms with Crippen molar-refractivity contribution in [2.24, 2.45) is 5.92 Å². The van der Waals surface area contributed by atoms with Crippen LogP contribution >= 0.6 is 0 Å². The third-order valence-corrected chi connectivity index (χ3v) is 10.8. The van der Waals surface area contributed by atoms with Crippen molar-refractivity contribution < 1.29 is 19.1 Å². The van der Waals surface area contributed by atoms with Gasteiger partial charge in [-0.1, -0.05) is 193 Å². The lowest BCUT2D eigenvalue weighted by Gasteiger charge is -2.14. The van der Waals surface area contributed by atoms with Gasteiger partial charge in [0.1, 0.15) is 0 Å². The highest BCUT2D eigenvalue weighted by atomic mass is 16.5. The first-order valence-electron chi connectivity index (χ1n) is 23.8. The van der Waals surface area contributed by atoms with Crippen LogP contribution in [0.1, 0.15) is 252 Å². The van der Waals surface area contributed by atoms with Gasteiger partial charge in [0.05, 0.1) is 6.61 Å². The standard InChI is InChI=1S/C48H92N2O4/c1-4-6-8-10-12-14-16-18-19-21-22-24-27-31-35-39-46(51)49-43-45(3)44-50-47(52)40-36-32-28-26-30-34-38-42-54-48(53)41-37-33-29-25-23-20-17-15-13-11-9-7-5-2/h18-19,45H,4-17,20-44H2,1-3H3,(H,49,51)(H,50,52)/b19-18-. The van der Waals surface area contributed by atoms with E-state index in [2.05, 4.69) is 43.6 Å². The molecule has 2 N–H and O–H groups in total. The monoisotopic (exact) mass is 761 g/mol. The number of esters is 1. The zero-order valence-corrected chi connectivity index (χ0v) is 36.4. The molecule has 54 heavy (non-hydrogen) atoms. The maximum Gasteiger partial charge on any atom is 0.305 e. The van der Waals surface area contributed by atoms with Gasteiger partial charge in [-0.25, -0.2) is 0 Å². The number of carbonyl (C=O) groups is 3. The van der Waals surface area contributed by atoms with Crippen LogP contribution in [0.4, 0.5) is 0 Å². The van der Waals surface area contributed by atoms with Crippen molar-refractivity contribution >= 4 is 17.8 Å². The van der Waals surface area contributed by atoms with E-state index in [0.29, 0.717) is 39.0 Å². The summed E-state index contributed by atoms with van der Waals surface area (Å²) >= 11 is 0. The van der Waals surface area contributed by atoms with Gasteiger partial charge in [-0.15, -0.1) is 0 Å². The van der Waals surface area contributed by atoms with E-state index in [-0.39, 0.29) is 23.7 Å². The van der Waals surface area contributed by atoms with Gasteiger partial charge in [0.15, 0.2) is 0 Å². The van der Waals surface area contributed by atoms with Gasteiger partial charge >= 0.3 is 5.97 Å². The minimum Gasteiger partial charge on any atom is -0.466 e. The van der Waals surface area contributed by atoms with Crippen molar-refractivity contribution in [3.8, 4) is 0 Å². The van der Waals surface area contributed by atoms with Gasteiger partial charge in [0.25, 0.3) is 0 Å². The normalized spacial score (nSPS) is 12.0. The molecule has 0 aliphatic carbocycles. The molecule has 0 aliphatic rings. The zero-order chi connectivity index (χ0) is 39.4. The van der Waals surface area contributed by atoms with E-state index in [1.807, 2.05) is 0 Å². The minimum atomic E-state index is -0.0282. The molecule has 0 spiro atoms. The number of amides is 2. The molecule has 0 fully saturated rings. The maximum atomic E-state index is 12.3. The van der Waals surface area contributed by atoms with Gasteiger partial charge in [-0.3, -0.25) is 14.4 Å². The van der Waals surface area contributed by atoms with E-state index < -0.39 is 0 Å². The first-order valence-corrected chi connectivity index (χ1v) is 23.8. The Morgan fingerprint density at radius 3 is 1.13 bits per heavy atom. The van der Waals surface area contributed by atoms with Crippen molar-refractivity contribution in [3.05, 3.63) is 12.2 Å². The summed E-state index contributed by atoms with van der Waals surface area (Å²) in [5, 5.41) is 6.09. The smallest absolute Gasteiger partial charge is 0.305 e. The Labute approximate surface area is 336 Å². The molecule has 6 heteroatoms. The molecule has 0 aliphatic heterocycles. The summed E-state index contributed by atoms with van der Waals surface area (Å²) in [5.74, 6) is 0.444. The number of unbranched alkanes of at least 4 members (excludes halogenated alkanes) is 29. The van der Waals surface area contributed by atoms with Crippen molar-refractivity contribution in [1.29, 1.82) is 0 Å². The fourth-order valence-electron chi connectivity index (χ4n) is 7.00. The molecule has 6 nitrogen and oxygen atoms in total. The molecule has 0 saturated carbocycles. The highest BCUT2D eigenvalue weighted by Gasteiger charge is 2.08. The van der Waals surface area contributed by atoms with Gasteiger partial charge in [-0.05, 0) is 57.3 Å². The minimum absolute atomic E-state index is 0.0282. The highest BCUT2D eigenvalue weighted by Crippen LogP contribution is 2.14. The molecular formula is C48H92N2O4. The fourth-order valence-corrected chi connectivity index (χ4v) is 7.00. The lowest BCUT2D eigenvalue weighted by Crippen LogP contribution is -2.35. The molecule has 1 atom stereocenters. The molecule has 0 aromatic carbocycles. The van der Waals surface area contributed by atoms with Gasteiger partial charge in [0.2, 0.25) is 11.8 Å². The molecule has 0 bridgehead atoms. The molecule has 2 amide bonds. The number of allylic oxidation sites excluding steroid dienone is 2. The van der Waals surface area contributed by atoms with Gasteiger partial charge in [0, 0.05) is 32.4 Å². The van der Waals surface area contributed by atoms with Crippen molar-refractivity contribution in [1.82, 2.24) is 10.6 Å². The number of ether oxygens (including phenoxy) is 1. The molecule has 0 aromatic rings. The second-order valence-corrected chi connectivity index (χ2v) is 16.5. The van der Waals surface area contributed by atoms with Crippen LogP contribution in [0.2, 0.25) is 0 Å². The molecule has 318 valence electrons. The van der Waals surface area contributed by atoms with E-state index in [0.717, 1.165) is 64.2 Å². The van der Waals surface area contributed by atoms with E-state index in [9.17, 15) is 14.4 Å². The van der Waals surface area contributed by atoms with E-state index in [1.54, 1.807) is 0 Å². The molecule has 0 saturated heterocycles. The Morgan fingerprint density at radius 2 is 0.741 bits per heavy atom. The van der Waals surface area contributed by atoms with Crippen LogP contribution in [0.25, 0.3) is 0 Å². The first kappa shape index (κ1) is 52.2. The molecule has 0 radical (unpaired) electrons. The number of nitrogens with one attached hydrogen (secondary N) is 2. The van der Waals surface area contributed by atoms with Gasteiger partial charge < -0.3 is 15.4 Å². The van der Waals surface area contributed by atoms with Crippen LogP contribution in [0.15, 0.2) is 12.2 Å². The summed E-state index contributed by atoms with van der Waals surface area (Å²) in [6.45, 7) is 8.39. The molecule has 0 aromatic heterocycles. The average molecular weight is 761 g/mol. The van der Waals surface area contributed by atoms with E-state index in [1.165, 1.54) is 148 Å². The predicted octanol–water partition coefficient (Wildman–Crippen LogP) is 14.0. The maximum absolute atomic E-state index is 12.3. The lowest BCUT2D eigenvalue weighted by molar-refractivity contribution is -0.144. The van der Waals surface area contributed by atoms with Crippen LogP contribution < -0.4 is 10.6 Å². The van der Waals surface area contributed by atoms with Crippen LogP contribution in [-0.4, -0.2) is 37.5 Å². The Morgan fingerprint density at radius 1 is 0.426 bits per heavy atom. The number of hydrogen-bond acceptors (Lipinski definition) is 4. The summed E-state index contributed by atoms with van der Waals surface area (Å²) in [5.41, 5.74) is 0. The second-order valence-electron chi connectivity index (χ2n) is 16.5. The van der Waals surface area contributed by atoms with Crippen LogP contribution in [0, 0.1) is 5.92 Å². The number of carbonyl (C=O) groups excluding carboxylic acids is 3. The molecule has 0 rings (SSSR count). The third-order valence-electron chi connectivity index (χ3n) is 10.8. The largest absolute Gasteiger partial charge is 0.466 e. The van der Waals surface area contributed by atoms with Crippen molar-refractivity contribution in [3.63, 3.8) is 0 Å². The number of rotatable bonds is 43. The summed E-state index contributed by atoms with van der Waals surface area (Å²) in [6.07, 6.45) is 47.5. The summed E-state index contributed by atoms with van der Waals surface area (Å²) in [6, 6.07) is 0. The average Bonchev–Trinajstić information content (AvgIpc) is 3.17. The van der Waals surface area contributed by atoms with Crippen molar-refractivity contribution in [2.45, 2.75) is 252 Å². The van der Waals surface area contributed by atoms with Crippen molar-refractivity contribution in [2.75, 3.05) is 19.7 Å². The van der Waals surface area contributed by atoms with E-state index >= 15 is 0 Å². The zero-order valence-electron chi connectivity index (χ0n) is 36.4.